The average Bonchev–Trinajstić information content (AvgIpc) is 3.09. The Balaban J connectivity index is 1.53. The molecule has 1 aromatic heterocycles. The van der Waals surface area contributed by atoms with E-state index >= 15 is 0 Å². The molecule has 1 fully saturated rings. The Morgan fingerprint density at radius 1 is 1.20 bits per heavy atom. The fraction of sp³-hybridized carbons (Fsp3) is 0.333. The molecular weight excluding hydrogens is 320 g/mol. The highest BCUT2D eigenvalue weighted by atomic mass is 16.5. The first-order valence-electron chi connectivity index (χ1n) is 8.22. The van der Waals surface area contributed by atoms with E-state index < -0.39 is 6.03 Å². The van der Waals surface area contributed by atoms with Crippen LogP contribution >= 0.6 is 0 Å². The third kappa shape index (κ3) is 4.39. The molecule has 0 bridgehead atoms. The minimum Gasteiger partial charge on any atom is -0.440 e. The first kappa shape index (κ1) is 17.0. The molecule has 132 valence electrons. The van der Waals surface area contributed by atoms with Gasteiger partial charge in [-0.2, -0.15) is 5.10 Å². The van der Waals surface area contributed by atoms with E-state index in [1.54, 1.807) is 0 Å². The number of furan rings is 1. The van der Waals surface area contributed by atoms with Gasteiger partial charge in [0, 0.05) is 24.8 Å². The lowest BCUT2D eigenvalue weighted by Gasteiger charge is -2.26. The lowest BCUT2D eigenvalue weighted by molar-refractivity contribution is 0.120. The zero-order chi connectivity index (χ0) is 17.6. The molecule has 0 atom stereocenters. The second-order valence-electron chi connectivity index (χ2n) is 5.85. The van der Waals surface area contributed by atoms with Gasteiger partial charge in [-0.25, -0.2) is 10.2 Å². The van der Waals surface area contributed by atoms with Crippen LogP contribution in [0.5, 0.6) is 0 Å². The minimum absolute atomic E-state index is 0.398. The number of hydrogen-bond donors (Lipinski definition) is 2. The SMILES string of the molecule is Cc1cccc(NC(=O)N/N=C/c2ccc(N3CCOCC3)o2)c1C. The minimum atomic E-state index is -0.398. The fourth-order valence-electron chi connectivity index (χ4n) is 2.56. The third-order valence-electron chi connectivity index (χ3n) is 4.15. The molecule has 2 heterocycles. The van der Waals surface area contributed by atoms with Crippen molar-refractivity contribution in [2.45, 2.75) is 13.8 Å². The number of nitrogens with one attached hydrogen (secondary N) is 2. The zero-order valence-corrected chi connectivity index (χ0v) is 14.4. The molecule has 2 amide bonds. The number of urea groups is 1. The van der Waals surface area contributed by atoms with E-state index in [1.807, 2.05) is 44.2 Å². The Hall–Kier alpha value is -2.80. The maximum absolute atomic E-state index is 11.9. The lowest BCUT2D eigenvalue weighted by atomic mass is 10.1. The van der Waals surface area contributed by atoms with Crippen LogP contribution in [0.1, 0.15) is 16.9 Å². The van der Waals surface area contributed by atoms with Gasteiger partial charge in [-0.1, -0.05) is 12.1 Å². The predicted octanol–water partition coefficient (Wildman–Crippen LogP) is 2.89. The summed E-state index contributed by atoms with van der Waals surface area (Å²) in [5.41, 5.74) is 5.35. The molecule has 3 rings (SSSR count). The normalized spacial score (nSPS) is 14.7. The molecule has 25 heavy (non-hydrogen) atoms. The van der Waals surface area contributed by atoms with Crippen LogP contribution in [0.2, 0.25) is 0 Å². The summed E-state index contributed by atoms with van der Waals surface area (Å²) in [4.78, 5) is 14.0. The van der Waals surface area contributed by atoms with E-state index in [-0.39, 0.29) is 0 Å². The van der Waals surface area contributed by atoms with Crippen molar-refractivity contribution in [1.29, 1.82) is 0 Å². The fourth-order valence-corrected chi connectivity index (χ4v) is 2.56. The number of ether oxygens (including phenoxy) is 1. The van der Waals surface area contributed by atoms with Crippen molar-refractivity contribution in [1.82, 2.24) is 5.43 Å². The van der Waals surface area contributed by atoms with Crippen molar-refractivity contribution in [3.63, 3.8) is 0 Å². The topological polar surface area (TPSA) is 79.1 Å². The van der Waals surface area contributed by atoms with Crippen LogP contribution in [0.15, 0.2) is 39.9 Å². The molecule has 0 spiro atoms. The highest BCUT2D eigenvalue weighted by Crippen LogP contribution is 2.19. The molecule has 2 aromatic rings. The van der Waals surface area contributed by atoms with Crippen molar-refractivity contribution in [3.05, 3.63) is 47.2 Å². The molecule has 1 aliphatic rings. The van der Waals surface area contributed by atoms with Gasteiger partial charge < -0.3 is 19.4 Å². The summed E-state index contributed by atoms with van der Waals surface area (Å²) in [5, 5.41) is 6.70. The Kier molecular flexibility index (Phi) is 5.35. The molecule has 0 aliphatic carbocycles. The molecule has 1 saturated heterocycles. The molecule has 1 aromatic carbocycles. The first-order chi connectivity index (χ1) is 12.1. The van der Waals surface area contributed by atoms with Gasteiger partial charge in [-0.3, -0.25) is 0 Å². The van der Waals surface area contributed by atoms with Crippen LogP contribution in [-0.4, -0.2) is 38.5 Å². The standard InChI is InChI=1S/C18H22N4O3/c1-13-4-3-5-16(14(13)2)20-18(23)21-19-12-15-6-7-17(25-15)22-8-10-24-11-9-22/h3-7,12H,8-11H2,1-2H3,(H2,20,21,23)/b19-12+. The molecule has 2 N–H and O–H groups in total. The number of rotatable bonds is 4. The molecular formula is C18H22N4O3. The van der Waals surface area contributed by atoms with Crippen LogP contribution in [0.25, 0.3) is 0 Å². The Bertz CT molecular complexity index is 763. The number of morpholine rings is 1. The summed E-state index contributed by atoms with van der Waals surface area (Å²) >= 11 is 0. The summed E-state index contributed by atoms with van der Waals surface area (Å²) in [6, 6.07) is 9.07. The number of carbonyl (C=O) groups is 1. The van der Waals surface area contributed by atoms with Crippen molar-refractivity contribution in [3.8, 4) is 0 Å². The molecule has 0 radical (unpaired) electrons. The molecule has 7 nitrogen and oxygen atoms in total. The second kappa shape index (κ2) is 7.85. The monoisotopic (exact) mass is 342 g/mol. The van der Waals surface area contributed by atoms with E-state index in [2.05, 4.69) is 20.7 Å². The van der Waals surface area contributed by atoms with E-state index in [1.165, 1.54) is 6.21 Å². The summed E-state index contributed by atoms with van der Waals surface area (Å²) in [6.45, 7) is 6.97. The summed E-state index contributed by atoms with van der Waals surface area (Å²) in [7, 11) is 0. The smallest absolute Gasteiger partial charge is 0.339 e. The summed E-state index contributed by atoms with van der Waals surface area (Å²) < 4.78 is 11.0. The lowest BCUT2D eigenvalue weighted by Crippen LogP contribution is -2.35. The quantitative estimate of drug-likeness (QED) is 0.661. The van der Waals surface area contributed by atoms with Gasteiger partial charge in [-0.05, 0) is 37.1 Å². The molecule has 7 heteroatoms. The molecule has 0 saturated carbocycles. The van der Waals surface area contributed by atoms with Crippen LogP contribution in [0, 0.1) is 13.8 Å². The van der Waals surface area contributed by atoms with Crippen LogP contribution < -0.4 is 15.6 Å². The number of nitrogens with zero attached hydrogens (tertiary/aromatic N) is 2. The number of amides is 2. The van der Waals surface area contributed by atoms with E-state index in [0.29, 0.717) is 19.0 Å². The average molecular weight is 342 g/mol. The van der Waals surface area contributed by atoms with E-state index in [4.69, 9.17) is 9.15 Å². The maximum Gasteiger partial charge on any atom is 0.339 e. The van der Waals surface area contributed by atoms with Gasteiger partial charge in [0.2, 0.25) is 0 Å². The van der Waals surface area contributed by atoms with Crippen molar-refractivity contribution >= 4 is 23.8 Å². The van der Waals surface area contributed by atoms with E-state index in [0.717, 1.165) is 35.8 Å². The first-order valence-corrected chi connectivity index (χ1v) is 8.22. The Morgan fingerprint density at radius 3 is 2.80 bits per heavy atom. The number of hydrogen-bond acceptors (Lipinski definition) is 5. The van der Waals surface area contributed by atoms with Gasteiger partial charge in [0.05, 0.1) is 19.4 Å². The number of hydrazone groups is 1. The van der Waals surface area contributed by atoms with Gasteiger partial charge in [0.1, 0.15) is 5.76 Å². The highest BCUT2D eigenvalue weighted by Gasteiger charge is 2.14. The highest BCUT2D eigenvalue weighted by molar-refractivity contribution is 5.91. The third-order valence-corrected chi connectivity index (χ3v) is 4.15. The number of anilines is 2. The maximum atomic E-state index is 11.9. The van der Waals surface area contributed by atoms with Crippen molar-refractivity contribution in [2.75, 3.05) is 36.5 Å². The summed E-state index contributed by atoms with van der Waals surface area (Å²) in [6.07, 6.45) is 1.48. The zero-order valence-electron chi connectivity index (χ0n) is 14.4. The van der Waals surface area contributed by atoms with Gasteiger partial charge in [-0.15, -0.1) is 0 Å². The van der Waals surface area contributed by atoms with Crippen LogP contribution in [0.4, 0.5) is 16.4 Å². The van der Waals surface area contributed by atoms with Crippen LogP contribution in [0.3, 0.4) is 0 Å². The van der Waals surface area contributed by atoms with Gasteiger partial charge >= 0.3 is 6.03 Å². The predicted molar refractivity (Wildman–Crippen MR) is 97.4 cm³/mol. The Labute approximate surface area is 146 Å². The van der Waals surface area contributed by atoms with Crippen molar-refractivity contribution in [2.24, 2.45) is 5.10 Å². The van der Waals surface area contributed by atoms with Crippen LogP contribution in [-0.2, 0) is 4.74 Å². The Morgan fingerprint density at radius 2 is 2.00 bits per heavy atom. The van der Waals surface area contributed by atoms with Crippen molar-refractivity contribution < 1.29 is 13.9 Å². The second-order valence-corrected chi connectivity index (χ2v) is 5.85. The van der Waals surface area contributed by atoms with Gasteiger partial charge in [0.15, 0.2) is 5.88 Å². The molecule has 0 unspecified atom stereocenters. The summed E-state index contributed by atoms with van der Waals surface area (Å²) in [5.74, 6) is 1.36. The number of carbonyl (C=O) groups excluding carboxylic acids is 1. The molecule has 1 aliphatic heterocycles. The number of benzene rings is 1. The number of aryl methyl sites for hydroxylation is 1. The largest absolute Gasteiger partial charge is 0.440 e. The van der Waals surface area contributed by atoms with Gasteiger partial charge in [0.25, 0.3) is 0 Å². The van der Waals surface area contributed by atoms with E-state index in [9.17, 15) is 4.79 Å².